The average Bonchev–Trinajstić information content (AvgIpc) is 2.41. The van der Waals surface area contributed by atoms with Crippen LogP contribution in [0.4, 0.5) is 17.1 Å². The van der Waals surface area contributed by atoms with E-state index in [2.05, 4.69) is 16.7 Å². The van der Waals surface area contributed by atoms with E-state index in [1.807, 2.05) is 43.3 Å². The van der Waals surface area contributed by atoms with Gasteiger partial charge in [-0.3, -0.25) is 4.79 Å². The summed E-state index contributed by atoms with van der Waals surface area (Å²) in [5, 5.41) is 14.9. The second-order valence-electron chi connectivity index (χ2n) is 4.53. The van der Waals surface area contributed by atoms with Gasteiger partial charge in [-0.05, 0) is 55.0 Å². The van der Waals surface area contributed by atoms with Gasteiger partial charge in [0.15, 0.2) is 0 Å². The van der Waals surface area contributed by atoms with Crippen LogP contribution in [0.15, 0.2) is 42.5 Å². The molecule has 2 rings (SSSR count). The lowest BCUT2D eigenvalue weighted by Gasteiger charge is -2.09. The van der Waals surface area contributed by atoms with Crippen molar-refractivity contribution in [2.75, 3.05) is 10.6 Å². The van der Waals surface area contributed by atoms with Crippen LogP contribution in [-0.4, -0.2) is 5.91 Å². The number of aryl methyl sites for hydroxylation is 1. The molecule has 0 spiro atoms. The van der Waals surface area contributed by atoms with Crippen LogP contribution >= 0.6 is 0 Å². The van der Waals surface area contributed by atoms with Gasteiger partial charge in [0.25, 0.3) is 0 Å². The Labute approximate surface area is 118 Å². The Morgan fingerprint density at radius 1 is 1.05 bits per heavy atom. The average molecular weight is 265 g/mol. The van der Waals surface area contributed by atoms with Crippen LogP contribution in [0.1, 0.15) is 18.1 Å². The van der Waals surface area contributed by atoms with Gasteiger partial charge in [0.05, 0.1) is 11.6 Å². The summed E-state index contributed by atoms with van der Waals surface area (Å²) in [7, 11) is 0. The van der Waals surface area contributed by atoms with Crippen molar-refractivity contribution in [3.8, 4) is 6.07 Å². The van der Waals surface area contributed by atoms with Gasteiger partial charge in [-0.1, -0.05) is 0 Å². The number of anilines is 3. The SMILES string of the molecule is CC(=O)Nc1ccc(Nc2ccc(C#N)c(C)c2)cc1. The normalized spacial score (nSPS) is 9.65. The van der Waals surface area contributed by atoms with Crippen LogP contribution in [0.3, 0.4) is 0 Å². The smallest absolute Gasteiger partial charge is 0.221 e. The molecule has 20 heavy (non-hydrogen) atoms. The summed E-state index contributed by atoms with van der Waals surface area (Å²) in [4.78, 5) is 10.9. The summed E-state index contributed by atoms with van der Waals surface area (Å²) in [5.74, 6) is -0.0894. The second kappa shape index (κ2) is 5.89. The number of hydrogen-bond acceptors (Lipinski definition) is 3. The number of benzene rings is 2. The molecule has 2 N–H and O–H groups in total. The van der Waals surface area contributed by atoms with Crippen LogP contribution in [0.2, 0.25) is 0 Å². The maximum Gasteiger partial charge on any atom is 0.221 e. The van der Waals surface area contributed by atoms with Crippen molar-refractivity contribution in [2.45, 2.75) is 13.8 Å². The molecule has 0 aliphatic heterocycles. The fraction of sp³-hybridized carbons (Fsp3) is 0.125. The van der Waals surface area contributed by atoms with E-state index in [9.17, 15) is 4.79 Å². The highest BCUT2D eigenvalue weighted by molar-refractivity contribution is 5.88. The number of nitrogens with zero attached hydrogens (tertiary/aromatic N) is 1. The van der Waals surface area contributed by atoms with Crippen molar-refractivity contribution < 1.29 is 4.79 Å². The van der Waals surface area contributed by atoms with Gasteiger partial charge in [0, 0.05) is 24.0 Å². The number of carbonyl (C=O) groups excluding carboxylic acids is 1. The Balaban J connectivity index is 2.12. The fourth-order valence-corrected chi connectivity index (χ4v) is 1.87. The standard InChI is InChI=1S/C16H15N3O/c1-11-9-16(4-3-13(11)10-17)19-15-7-5-14(6-8-15)18-12(2)20/h3-9,19H,1-2H3,(H,18,20). The molecule has 0 unspecified atom stereocenters. The molecule has 100 valence electrons. The number of hydrogen-bond donors (Lipinski definition) is 2. The molecule has 0 saturated heterocycles. The summed E-state index contributed by atoms with van der Waals surface area (Å²) >= 11 is 0. The molecule has 0 bridgehead atoms. The molecule has 0 fully saturated rings. The van der Waals surface area contributed by atoms with E-state index in [0.29, 0.717) is 5.56 Å². The molecule has 4 nitrogen and oxygen atoms in total. The summed E-state index contributed by atoms with van der Waals surface area (Å²) in [6.45, 7) is 3.38. The third-order valence-electron chi connectivity index (χ3n) is 2.84. The first-order valence-electron chi connectivity index (χ1n) is 6.24. The Bertz CT molecular complexity index is 669. The summed E-state index contributed by atoms with van der Waals surface area (Å²) in [6.07, 6.45) is 0. The number of nitriles is 1. The predicted molar refractivity (Wildman–Crippen MR) is 79.9 cm³/mol. The monoisotopic (exact) mass is 265 g/mol. The minimum absolute atomic E-state index is 0.0894. The molecule has 0 aromatic heterocycles. The third-order valence-corrected chi connectivity index (χ3v) is 2.84. The lowest BCUT2D eigenvalue weighted by Crippen LogP contribution is -2.05. The molecule has 2 aromatic carbocycles. The zero-order valence-corrected chi connectivity index (χ0v) is 11.4. The molecule has 0 saturated carbocycles. The van der Waals surface area contributed by atoms with E-state index in [1.165, 1.54) is 6.92 Å². The second-order valence-corrected chi connectivity index (χ2v) is 4.53. The first-order chi connectivity index (χ1) is 9.58. The number of rotatable bonds is 3. The van der Waals surface area contributed by atoms with Crippen molar-refractivity contribution in [1.82, 2.24) is 0 Å². The molecule has 0 atom stereocenters. The van der Waals surface area contributed by atoms with E-state index in [0.717, 1.165) is 22.6 Å². The van der Waals surface area contributed by atoms with Crippen molar-refractivity contribution in [3.63, 3.8) is 0 Å². The third kappa shape index (κ3) is 3.36. The molecule has 2 aromatic rings. The van der Waals surface area contributed by atoms with Gasteiger partial charge in [0.2, 0.25) is 5.91 Å². The van der Waals surface area contributed by atoms with Crippen molar-refractivity contribution in [1.29, 1.82) is 5.26 Å². The van der Waals surface area contributed by atoms with Gasteiger partial charge < -0.3 is 10.6 Å². The molecule has 0 aliphatic carbocycles. The fourth-order valence-electron chi connectivity index (χ4n) is 1.87. The van der Waals surface area contributed by atoms with E-state index in [1.54, 1.807) is 6.07 Å². The first kappa shape index (κ1) is 13.6. The topological polar surface area (TPSA) is 64.9 Å². The van der Waals surface area contributed by atoms with Crippen LogP contribution in [0.25, 0.3) is 0 Å². The molecule has 1 amide bonds. The number of amides is 1. The summed E-state index contributed by atoms with van der Waals surface area (Å²) in [5.41, 5.74) is 4.22. The van der Waals surface area contributed by atoms with Gasteiger partial charge >= 0.3 is 0 Å². The largest absolute Gasteiger partial charge is 0.356 e. The predicted octanol–water partition coefficient (Wildman–Crippen LogP) is 3.57. The van der Waals surface area contributed by atoms with Gasteiger partial charge in [-0.15, -0.1) is 0 Å². The first-order valence-corrected chi connectivity index (χ1v) is 6.24. The Morgan fingerprint density at radius 2 is 1.65 bits per heavy atom. The maximum atomic E-state index is 10.9. The van der Waals surface area contributed by atoms with Gasteiger partial charge in [-0.2, -0.15) is 5.26 Å². The van der Waals surface area contributed by atoms with Crippen molar-refractivity contribution in [2.24, 2.45) is 0 Å². The van der Waals surface area contributed by atoms with Crippen LogP contribution < -0.4 is 10.6 Å². The van der Waals surface area contributed by atoms with Crippen molar-refractivity contribution in [3.05, 3.63) is 53.6 Å². The van der Waals surface area contributed by atoms with E-state index < -0.39 is 0 Å². The van der Waals surface area contributed by atoms with E-state index in [4.69, 9.17) is 5.26 Å². The minimum Gasteiger partial charge on any atom is -0.356 e. The molecular weight excluding hydrogens is 250 g/mol. The maximum absolute atomic E-state index is 10.9. The Kier molecular flexibility index (Phi) is 4.02. The highest BCUT2D eigenvalue weighted by atomic mass is 16.1. The zero-order valence-electron chi connectivity index (χ0n) is 11.4. The van der Waals surface area contributed by atoms with E-state index in [-0.39, 0.29) is 5.91 Å². The molecule has 0 radical (unpaired) electrons. The van der Waals surface area contributed by atoms with Crippen molar-refractivity contribution >= 4 is 23.0 Å². The quantitative estimate of drug-likeness (QED) is 0.891. The van der Waals surface area contributed by atoms with E-state index >= 15 is 0 Å². The zero-order chi connectivity index (χ0) is 14.5. The highest BCUT2D eigenvalue weighted by Crippen LogP contribution is 2.21. The molecular formula is C16H15N3O. The molecule has 0 heterocycles. The lowest BCUT2D eigenvalue weighted by atomic mass is 10.1. The minimum atomic E-state index is -0.0894. The Hall–Kier alpha value is -2.80. The molecule has 0 aliphatic rings. The Morgan fingerprint density at radius 3 is 2.20 bits per heavy atom. The summed E-state index contributed by atoms with van der Waals surface area (Å²) in [6, 6.07) is 15.2. The number of nitrogens with one attached hydrogen (secondary N) is 2. The van der Waals surface area contributed by atoms with Gasteiger partial charge in [0.1, 0.15) is 0 Å². The van der Waals surface area contributed by atoms with Crippen LogP contribution in [0.5, 0.6) is 0 Å². The number of carbonyl (C=O) groups is 1. The summed E-state index contributed by atoms with van der Waals surface area (Å²) < 4.78 is 0. The van der Waals surface area contributed by atoms with Crippen LogP contribution in [0, 0.1) is 18.3 Å². The highest BCUT2D eigenvalue weighted by Gasteiger charge is 2.00. The lowest BCUT2D eigenvalue weighted by molar-refractivity contribution is -0.114. The van der Waals surface area contributed by atoms with Crippen LogP contribution in [-0.2, 0) is 4.79 Å². The van der Waals surface area contributed by atoms with Gasteiger partial charge in [-0.25, -0.2) is 0 Å². The molecule has 4 heteroatoms.